The second-order valence-corrected chi connectivity index (χ2v) is 5.54. The van der Waals surface area contributed by atoms with Gasteiger partial charge in [0.05, 0.1) is 0 Å². The smallest absolute Gasteiger partial charge is 0.134 e. The van der Waals surface area contributed by atoms with Gasteiger partial charge < -0.3 is 11.1 Å². The van der Waals surface area contributed by atoms with Crippen LogP contribution in [0.15, 0.2) is 0 Å². The highest BCUT2D eigenvalue weighted by Gasteiger charge is 2.12. The summed E-state index contributed by atoms with van der Waals surface area (Å²) in [4.78, 5) is 8.93. The van der Waals surface area contributed by atoms with Crippen molar-refractivity contribution in [2.75, 3.05) is 11.1 Å². The lowest BCUT2D eigenvalue weighted by Crippen LogP contribution is -2.21. The zero-order valence-electron chi connectivity index (χ0n) is 13.0. The molecule has 0 aliphatic heterocycles. The van der Waals surface area contributed by atoms with Crippen molar-refractivity contribution in [2.45, 2.75) is 66.3 Å². The molecule has 0 amide bonds. The Morgan fingerprint density at radius 1 is 1.21 bits per heavy atom. The predicted molar refractivity (Wildman–Crippen MR) is 82.3 cm³/mol. The van der Waals surface area contributed by atoms with E-state index in [1.54, 1.807) is 0 Å². The zero-order valence-corrected chi connectivity index (χ0v) is 13.0. The van der Waals surface area contributed by atoms with E-state index in [2.05, 4.69) is 43.0 Å². The molecule has 3 N–H and O–H groups in total. The Balaban J connectivity index is 2.81. The quantitative estimate of drug-likeness (QED) is 0.790. The topological polar surface area (TPSA) is 63.8 Å². The first-order valence-corrected chi connectivity index (χ1v) is 7.37. The number of aromatic nitrogens is 2. The van der Waals surface area contributed by atoms with Crippen LogP contribution in [0.4, 0.5) is 11.6 Å². The van der Waals surface area contributed by atoms with Gasteiger partial charge >= 0.3 is 0 Å². The molecule has 108 valence electrons. The number of aryl methyl sites for hydroxylation is 1. The molecule has 1 heterocycles. The Hall–Kier alpha value is -1.32. The van der Waals surface area contributed by atoms with Crippen LogP contribution in [0.25, 0.3) is 0 Å². The van der Waals surface area contributed by atoms with E-state index in [4.69, 9.17) is 5.73 Å². The minimum absolute atomic E-state index is 0.400. The van der Waals surface area contributed by atoms with E-state index in [1.807, 2.05) is 6.92 Å². The summed E-state index contributed by atoms with van der Waals surface area (Å²) < 4.78 is 0. The van der Waals surface area contributed by atoms with Gasteiger partial charge in [-0.15, -0.1) is 0 Å². The molecule has 1 aromatic rings. The van der Waals surface area contributed by atoms with Crippen molar-refractivity contribution in [3.05, 3.63) is 11.4 Å². The standard InChI is InChI=1S/C15H28N4/c1-6-8-13-18-14(16)12(5)15(19-13)17-11(4)9-10(3)7-2/h10-11H,6-9H2,1-5H3,(H3,16,17,18,19). The fourth-order valence-electron chi connectivity index (χ4n) is 2.12. The molecular weight excluding hydrogens is 236 g/mol. The molecule has 4 nitrogen and oxygen atoms in total. The van der Waals surface area contributed by atoms with Gasteiger partial charge in [-0.2, -0.15) is 0 Å². The van der Waals surface area contributed by atoms with Gasteiger partial charge in [-0.3, -0.25) is 0 Å². The highest BCUT2D eigenvalue weighted by Crippen LogP contribution is 2.20. The normalized spacial score (nSPS) is 14.2. The lowest BCUT2D eigenvalue weighted by atomic mass is 10.0. The highest BCUT2D eigenvalue weighted by molar-refractivity contribution is 5.55. The van der Waals surface area contributed by atoms with Crippen LogP contribution in [-0.2, 0) is 6.42 Å². The number of rotatable bonds is 7. The minimum atomic E-state index is 0.400. The molecule has 0 saturated heterocycles. The summed E-state index contributed by atoms with van der Waals surface area (Å²) in [6, 6.07) is 0.400. The van der Waals surface area contributed by atoms with Gasteiger partial charge in [0.15, 0.2) is 0 Å². The maximum atomic E-state index is 5.96. The number of nitrogens with one attached hydrogen (secondary N) is 1. The van der Waals surface area contributed by atoms with Crippen LogP contribution in [0.5, 0.6) is 0 Å². The molecule has 2 atom stereocenters. The van der Waals surface area contributed by atoms with Gasteiger partial charge in [0.25, 0.3) is 0 Å². The highest BCUT2D eigenvalue weighted by atomic mass is 15.1. The minimum Gasteiger partial charge on any atom is -0.383 e. The molecule has 0 radical (unpaired) electrons. The van der Waals surface area contributed by atoms with Crippen LogP contribution in [-0.4, -0.2) is 16.0 Å². The average molecular weight is 264 g/mol. The summed E-state index contributed by atoms with van der Waals surface area (Å²) in [5, 5.41) is 3.48. The predicted octanol–water partition coefficient (Wildman–Crippen LogP) is 3.56. The van der Waals surface area contributed by atoms with E-state index in [9.17, 15) is 0 Å². The maximum Gasteiger partial charge on any atom is 0.134 e. The molecule has 0 saturated carbocycles. The largest absolute Gasteiger partial charge is 0.383 e. The van der Waals surface area contributed by atoms with E-state index in [0.717, 1.165) is 42.4 Å². The number of hydrogen-bond acceptors (Lipinski definition) is 4. The first-order valence-electron chi connectivity index (χ1n) is 7.37. The summed E-state index contributed by atoms with van der Waals surface area (Å²) in [5.74, 6) is 3.05. The molecule has 0 aromatic carbocycles. The summed E-state index contributed by atoms with van der Waals surface area (Å²) >= 11 is 0. The van der Waals surface area contributed by atoms with E-state index < -0.39 is 0 Å². The SMILES string of the molecule is CCCc1nc(N)c(C)c(NC(C)CC(C)CC)n1. The van der Waals surface area contributed by atoms with Crippen LogP contribution in [0.3, 0.4) is 0 Å². The molecule has 0 bridgehead atoms. The zero-order chi connectivity index (χ0) is 14.4. The average Bonchev–Trinajstić information content (AvgIpc) is 2.35. The molecule has 1 aromatic heterocycles. The van der Waals surface area contributed by atoms with Gasteiger partial charge in [0.2, 0.25) is 0 Å². The van der Waals surface area contributed by atoms with Gasteiger partial charge in [0.1, 0.15) is 17.5 Å². The fraction of sp³-hybridized carbons (Fsp3) is 0.733. The second kappa shape index (κ2) is 7.31. The molecule has 0 fully saturated rings. The second-order valence-electron chi connectivity index (χ2n) is 5.54. The van der Waals surface area contributed by atoms with E-state index >= 15 is 0 Å². The van der Waals surface area contributed by atoms with Crippen molar-refractivity contribution in [3.63, 3.8) is 0 Å². The monoisotopic (exact) mass is 264 g/mol. The fourth-order valence-corrected chi connectivity index (χ4v) is 2.12. The molecule has 0 aliphatic rings. The Labute approximate surface area is 117 Å². The summed E-state index contributed by atoms with van der Waals surface area (Å²) in [6.07, 6.45) is 4.25. The van der Waals surface area contributed by atoms with Crippen molar-refractivity contribution in [2.24, 2.45) is 5.92 Å². The number of nitrogens with zero attached hydrogens (tertiary/aromatic N) is 2. The molecule has 4 heteroatoms. The first kappa shape index (κ1) is 15.7. The molecule has 0 spiro atoms. The third kappa shape index (κ3) is 4.69. The lowest BCUT2D eigenvalue weighted by molar-refractivity contribution is 0.483. The van der Waals surface area contributed by atoms with Crippen molar-refractivity contribution >= 4 is 11.6 Å². The summed E-state index contributed by atoms with van der Waals surface area (Å²) in [6.45, 7) is 10.8. The Bertz CT molecular complexity index is 403. The van der Waals surface area contributed by atoms with Crippen LogP contribution in [0.1, 0.15) is 58.3 Å². The van der Waals surface area contributed by atoms with Gasteiger partial charge in [0, 0.05) is 18.0 Å². The van der Waals surface area contributed by atoms with Crippen molar-refractivity contribution in [1.82, 2.24) is 9.97 Å². The number of nitrogens with two attached hydrogens (primary N) is 1. The van der Waals surface area contributed by atoms with Crippen molar-refractivity contribution in [1.29, 1.82) is 0 Å². The number of hydrogen-bond donors (Lipinski definition) is 2. The van der Waals surface area contributed by atoms with E-state index in [0.29, 0.717) is 11.9 Å². The van der Waals surface area contributed by atoms with Crippen molar-refractivity contribution < 1.29 is 0 Å². The van der Waals surface area contributed by atoms with Gasteiger partial charge in [-0.25, -0.2) is 9.97 Å². The molecule has 1 rings (SSSR count). The first-order chi connectivity index (χ1) is 8.97. The van der Waals surface area contributed by atoms with E-state index in [-0.39, 0.29) is 0 Å². The summed E-state index contributed by atoms with van der Waals surface area (Å²) in [5.41, 5.74) is 6.92. The maximum absolute atomic E-state index is 5.96. The Morgan fingerprint density at radius 2 is 1.89 bits per heavy atom. The van der Waals surface area contributed by atoms with Crippen LogP contribution >= 0.6 is 0 Å². The Kier molecular flexibility index (Phi) is 6.06. The third-order valence-corrected chi connectivity index (χ3v) is 3.54. The van der Waals surface area contributed by atoms with Gasteiger partial charge in [-0.05, 0) is 32.6 Å². The van der Waals surface area contributed by atoms with Crippen LogP contribution < -0.4 is 11.1 Å². The molecular formula is C15H28N4. The van der Waals surface area contributed by atoms with Crippen molar-refractivity contribution in [3.8, 4) is 0 Å². The Morgan fingerprint density at radius 3 is 2.47 bits per heavy atom. The van der Waals surface area contributed by atoms with Crippen LogP contribution in [0.2, 0.25) is 0 Å². The molecule has 19 heavy (non-hydrogen) atoms. The molecule has 2 unspecified atom stereocenters. The number of anilines is 2. The van der Waals surface area contributed by atoms with Crippen LogP contribution in [0, 0.1) is 12.8 Å². The summed E-state index contributed by atoms with van der Waals surface area (Å²) in [7, 11) is 0. The lowest BCUT2D eigenvalue weighted by Gasteiger charge is -2.20. The van der Waals surface area contributed by atoms with Gasteiger partial charge in [-0.1, -0.05) is 27.2 Å². The molecule has 0 aliphatic carbocycles. The third-order valence-electron chi connectivity index (χ3n) is 3.54. The number of nitrogen functional groups attached to an aromatic ring is 1. The van der Waals surface area contributed by atoms with E-state index in [1.165, 1.54) is 6.42 Å².